The van der Waals surface area contributed by atoms with E-state index >= 15 is 0 Å². The molecule has 0 amide bonds. The van der Waals surface area contributed by atoms with Crippen molar-refractivity contribution in [2.24, 2.45) is 0 Å². The van der Waals surface area contributed by atoms with Crippen molar-refractivity contribution in [2.75, 3.05) is 0 Å². The van der Waals surface area contributed by atoms with Crippen molar-refractivity contribution < 1.29 is 19.4 Å². The van der Waals surface area contributed by atoms with Gasteiger partial charge in [0.2, 0.25) is 0 Å². The molecule has 0 aliphatic heterocycles. The number of carbonyl (C=O) groups excluding carboxylic acids is 1. The molecule has 2 aliphatic carbocycles. The van der Waals surface area contributed by atoms with Gasteiger partial charge in [-0.3, -0.25) is 9.59 Å². The maximum Gasteiger partial charge on any atom is 0.304 e. The van der Waals surface area contributed by atoms with Crippen LogP contribution in [0.15, 0.2) is 36.4 Å². The van der Waals surface area contributed by atoms with Crippen molar-refractivity contribution in [2.45, 2.75) is 63.9 Å². The quantitative estimate of drug-likeness (QED) is 0.563. The number of benzene rings is 2. The van der Waals surface area contributed by atoms with E-state index in [0.29, 0.717) is 31.1 Å². The molecule has 1 heterocycles. The largest absolute Gasteiger partial charge is 0.489 e. The Hall–Kier alpha value is -3.08. The SMILES string of the molecule is Cc1cc(COc2ccc3[nH]c4c(c3c2)CC[C@@H]4CC(=O)O)ccc1[C@H]1CCC(=O)C1. The lowest BCUT2D eigenvalue weighted by atomic mass is 9.92. The standard InChI is InChI=1S/C26H27NO4/c1-15-10-16(2-7-21(15)17-3-5-19(28)11-17)14-31-20-6-9-24-23(13-20)22-8-4-18(12-25(29)30)26(22)27-24/h2,6-7,9-10,13,17-18,27H,3-5,8,11-12,14H2,1H3,(H,29,30)/t17-,18+/m0/s1. The van der Waals surface area contributed by atoms with Gasteiger partial charge in [-0.2, -0.15) is 0 Å². The summed E-state index contributed by atoms with van der Waals surface area (Å²) in [4.78, 5) is 26.2. The van der Waals surface area contributed by atoms with Gasteiger partial charge in [-0.25, -0.2) is 0 Å². The maximum absolute atomic E-state index is 11.6. The predicted molar refractivity (Wildman–Crippen MR) is 119 cm³/mol. The normalized spacial score (nSPS) is 20.4. The fraction of sp³-hybridized carbons (Fsp3) is 0.385. The van der Waals surface area contributed by atoms with E-state index < -0.39 is 5.97 Å². The molecule has 2 aliphatic rings. The van der Waals surface area contributed by atoms with Crippen LogP contribution >= 0.6 is 0 Å². The van der Waals surface area contributed by atoms with Gasteiger partial charge in [0.15, 0.2) is 0 Å². The molecule has 0 saturated heterocycles. The van der Waals surface area contributed by atoms with E-state index in [2.05, 4.69) is 36.2 Å². The highest BCUT2D eigenvalue weighted by Gasteiger charge is 2.28. The van der Waals surface area contributed by atoms with Crippen molar-refractivity contribution in [3.8, 4) is 5.75 Å². The van der Waals surface area contributed by atoms with Crippen LogP contribution in [-0.4, -0.2) is 21.8 Å². The fourth-order valence-corrected chi connectivity index (χ4v) is 5.36. The number of aromatic nitrogens is 1. The second kappa shape index (κ2) is 7.88. The van der Waals surface area contributed by atoms with Crippen molar-refractivity contribution in [3.63, 3.8) is 0 Å². The first-order valence-corrected chi connectivity index (χ1v) is 11.1. The number of rotatable bonds is 6. The number of fused-ring (bicyclic) bond motifs is 3. The average Bonchev–Trinajstić information content (AvgIpc) is 3.42. The molecule has 5 rings (SSSR count). The van der Waals surface area contributed by atoms with Crippen molar-refractivity contribution in [1.29, 1.82) is 0 Å². The summed E-state index contributed by atoms with van der Waals surface area (Å²) < 4.78 is 6.10. The van der Waals surface area contributed by atoms with E-state index in [1.54, 1.807) is 0 Å². The summed E-state index contributed by atoms with van der Waals surface area (Å²) in [5, 5.41) is 10.3. The number of hydrogen-bond donors (Lipinski definition) is 2. The number of ketones is 1. The first-order chi connectivity index (χ1) is 15.0. The summed E-state index contributed by atoms with van der Waals surface area (Å²) in [5.41, 5.74) is 6.98. The van der Waals surface area contributed by atoms with Crippen LogP contribution < -0.4 is 4.74 Å². The lowest BCUT2D eigenvalue weighted by molar-refractivity contribution is -0.137. The highest BCUT2D eigenvalue weighted by molar-refractivity contribution is 5.87. The van der Waals surface area contributed by atoms with Crippen molar-refractivity contribution in [1.82, 2.24) is 4.98 Å². The van der Waals surface area contributed by atoms with Crippen LogP contribution in [0, 0.1) is 6.92 Å². The van der Waals surface area contributed by atoms with Gasteiger partial charge in [-0.15, -0.1) is 0 Å². The van der Waals surface area contributed by atoms with E-state index in [1.165, 1.54) is 16.7 Å². The number of aromatic amines is 1. The van der Waals surface area contributed by atoms with E-state index in [9.17, 15) is 9.59 Å². The molecule has 1 aromatic heterocycles. The zero-order valence-corrected chi connectivity index (χ0v) is 17.7. The van der Waals surface area contributed by atoms with Crippen LogP contribution in [0.5, 0.6) is 5.75 Å². The zero-order chi connectivity index (χ0) is 21.5. The Labute approximate surface area is 181 Å². The van der Waals surface area contributed by atoms with Crippen LogP contribution in [0.25, 0.3) is 10.9 Å². The number of hydrogen-bond acceptors (Lipinski definition) is 3. The minimum Gasteiger partial charge on any atom is -0.489 e. The van der Waals surface area contributed by atoms with Crippen LogP contribution in [-0.2, 0) is 22.6 Å². The number of carbonyl (C=O) groups is 2. The maximum atomic E-state index is 11.6. The van der Waals surface area contributed by atoms with Gasteiger partial charge >= 0.3 is 5.97 Å². The van der Waals surface area contributed by atoms with Crippen LogP contribution in [0.4, 0.5) is 0 Å². The average molecular weight is 418 g/mol. The summed E-state index contributed by atoms with van der Waals surface area (Å²) in [6.07, 6.45) is 4.30. The first kappa shape index (κ1) is 19.9. The van der Waals surface area contributed by atoms with Gasteiger partial charge in [0.05, 0.1) is 6.42 Å². The first-order valence-electron chi connectivity index (χ1n) is 11.1. The number of H-pyrrole nitrogens is 1. The van der Waals surface area contributed by atoms with E-state index in [0.717, 1.165) is 47.2 Å². The molecular formula is C26H27NO4. The van der Waals surface area contributed by atoms with Crippen LogP contribution in [0.3, 0.4) is 0 Å². The topological polar surface area (TPSA) is 79.4 Å². The van der Waals surface area contributed by atoms with E-state index in [-0.39, 0.29) is 12.3 Å². The molecule has 0 unspecified atom stereocenters. The zero-order valence-electron chi connectivity index (χ0n) is 17.7. The van der Waals surface area contributed by atoms with Crippen LogP contribution in [0.1, 0.15) is 71.9 Å². The summed E-state index contributed by atoms with van der Waals surface area (Å²) in [6, 6.07) is 12.5. The summed E-state index contributed by atoms with van der Waals surface area (Å²) in [6.45, 7) is 2.61. The molecule has 1 saturated carbocycles. The monoisotopic (exact) mass is 417 g/mol. The number of ether oxygens (including phenoxy) is 1. The van der Waals surface area contributed by atoms with Crippen molar-refractivity contribution >= 4 is 22.7 Å². The molecule has 5 heteroatoms. The molecular weight excluding hydrogens is 390 g/mol. The molecule has 0 radical (unpaired) electrons. The smallest absolute Gasteiger partial charge is 0.304 e. The Bertz CT molecular complexity index is 1180. The molecule has 2 aromatic carbocycles. The molecule has 5 nitrogen and oxygen atoms in total. The fourth-order valence-electron chi connectivity index (χ4n) is 5.36. The second-order valence-electron chi connectivity index (χ2n) is 9.02. The lowest BCUT2D eigenvalue weighted by Gasteiger charge is -2.14. The summed E-state index contributed by atoms with van der Waals surface area (Å²) >= 11 is 0. The Balaban J connectivity index is 1.31. The number of nitrogens with one attached hydrogen (secondary N) is 1. The lowest BCUT2D eigenvalue weighted by Crippen LogP contribution is -2.03. The Morgan fingerprint density at radius 3 is 2.77 bits per heavy atom. The molecule has 31 heavy (non-hydrogen) atoms. The molecule has 1 fully saturated rings. The third-order valence-corrected chi connectivity index (χ3v) is 6.91. The molecule has 2 atom stereocenters. The van der Waals surface area contributed by atoms with Crippen molar-refractivity contribution in [3.05, 3.63) is 64.3 Å². The van der Waals surface area contributed by atoms with Gasteiger partial charge in [0.1, 0.15) is 18.1 Å². The molecule has 2 N–H and O–H groups in total. The van der Waals surface area contributed by atoms with E-state index in [1.807, 2.05) is 12.1 Å². The number of Topliss-reactive ketones (excluding diaryl/α,β-unsaturated/α-hetero) is 1. The van der Waals surface area contributed by atoms with E-state index in [4.69, 9.17) is 9.84 Å². The van der Waals surface area contributed by atoms with Gasteiger partial charge in [0.25, 0.3) is 0 Å². The highest BCUT2D eigenvalue weighted by Crippen LogP contribution is 2.40. The molecule has 0 bridgehead atoms. The minimum atomic E-state index is -0.749. The van der Waals surface area contributed by atoms with Gasteiger partial charge in [-0.1, -0.05) is 18.2 Å². The number of carboxylic acids is 1. The molecule has 0 spiro atoms. The van der Waals surface area contributed by atoms with Gasteiger partial charge in [0, 0.05) is 35.4 Å². The summed E-state index contributed by atoms with van der Waals surface area (Å²) in [7, 11) is 0. The third-order valence-electron chi connectivity index (χ3n) is 6.91. The highest BCUT2D eigenvalue weighted by atomic mass is 16.5. The van der Waals surface area contributed by atoms with Gasteiger partial charge < -0.3 is 14.8 Å². The third kappa shape index (κ3) is 3.85. The molecule has 3 aromatic rings. The number of aliphatic carboxylic acids is 1. The minimum absolute atomic E-state index is 0.0703. The Kier molecular flexibility index (Phi) is 5.05. The van der Waals surface area contributed by atoms with Crippen LogP contribution in [0.2, 0.25) is 0 Å². The number of carboxylic acid groups (broad SMARTS) is 1. The Morgan fingerprint density at radius 2 is 2.03 bits per heavy atom. The summed E-state index contributed by atoms with van der Waals surface area (Å²) in [5.74, 6) is 0.879. The number of aryl methyl sites for hydroxylation is 2. The molecule has 160 valence electrons. The Morgan fingerprint density at radius 1 is 1.16 bits per heavy atom. The second-order valence-corrected chi connectivity index (χ2v) is 9.02. The van der Waals surface area contributed by atoms with Gasteiger partial charge in [-0.05, 0) is 72.6 Å². The predicted octanol–water partition coefficient (Wildman–Crippen LogP) is 5.40.